The molecule has 356 valence electrons. The van der Waals surface area contributed by atoms with Crippen LogP contribution in [0.5, 0.6) is 0 Å². The van der Waals surface area contributed by atoms with Crippen LogP contribution in [0.15, 0.2) is 267 Å². The Morgan fingerprint density at radius 3 is 1.13 bits per heavy atom. The first-order valence-corrected chi connectivity index (χ1v) is 25.6. The Balaban J connectivity index is 1.15. The van der Waals surface area contributed by atoms with Crippen molar-refractivity contribution in [1.82, 2.24) is 34.1 Å². The van der Waals surface area contributed by atoms with Gasteiger partial charge >= 0.3 is 0 Å². The highest BCUT2D eigenvalue weighted by atomic mass is 15.2. The van der Waals surface area contributed by atoms with Crippen LogP contribution in [-0.4, -0.2) is 34.1 Å². The number of pyridine rings is 2. The second-order valence-electron chi connectivity index (χ2n) is 19.2. The van der Waals surface area contributed by atoms with Gasteiger partial charge in [0.15, 0.2) is 17.5 Å². The molecule has 5 aromatic heterocycles. The van der Waals surface area contributed by atoms with Crippen LogP contribution < -0.4 is 4.90 Å². The Morgan fingerprint density at radius 2 is 0.671 bits per heavy atom. The predicted octanol–water partition coefficient (Wildman–Crippen LogP) is 16.0. The molecule has 15 rings (SSSR count). The Labute approximate surface area is 438 Å². The number of benzene rings is 9. The number of para-hydroxylation sites is 4. The Hall–Kier alpha value is -10.3. The zero-order valence-corrected chi connectivity index (χ0v) is 41.0. The van der Waals surface area contributed by atoms with Crippen molar-refractivity contribution in [2.75, 3.05) is 4.90 Å². The van der Waals surface area contributed by atoms with Crippen molar-refractivity contribution in [3.63, 3.8) is 0 Å². The standard InChI is InChI=1S/C68H44N8/c1-5-23-45(24-6-1)65-71-66(46-25-7-2-8-26-46)73-67(72-65)47-43-60(74-54-35-17-13-31-50(54)62-58(74)39-21-41-69-62)64(61(44-47)75-55-36-18-14-32-51(55)63-59(75)40-22-42-70-63)76-56-37-19-15-33-52(56)68(48-27-9-3-10-28-48,49-29-11-4-12-30-49)53-34-16-20-38-57(53)76/h1-44H. The first-order chi connectivity index (χ1) is 37.7. The van der Waals surface area contributed by atoms with E-state index in [0.717, 1.165) is 100 Å². The number of aromatic nitrogens is 7. The van der Waals surface area contributed by atoms with E-state index in [1.807, 2.05) is 60.9 Å². The minimum atomic E-state index is -0.702. The summed E-state index contributed by atoms with van der Waals surface area (Å²) in [5, 5.41) is 2.09. The number of hydrogen-bond acceptors (Lipinski definition) is 6. The molecule has 1 aliphatic heterocycles. The van der Waals surface area contributed by atoms with E-state index in [2.05, 4.69) is 220 Å². The molecule has 0 atom stereocenters. The fourth-order valence-electron chi connectivity index (χ4n) is 12.0. The summed E-state index contributed by atoms with van der Waals surface area (Å²) in [4.78, 5) is 28.7. The third-order valence-electron chi connectivity index (χ3n) is 15.1. The molecule has 9 aromatic carbocycles. The van der Waals surface area contributed by atoms with E-state index in [4.69, 9.17) is 24.9 Å². The van der Waals surface area contributed by atoms with Crippen molar-refractivity contribution in [2.45, 2.75) is 5.41 Å². The van der Waals surface area contributed by atoms with Gasteiger partial charge in [-0.15, -0.1) is 0 Å². The van der Waals surface area contributed by atoms with Crippen LogP contribution in [0, 0.1) is 0 Å². The van der Waals surface area contributed by atoms with E-state index in [1.165, 1.54) is 11.1 Å². The molecule has 76 heavy (non-hydrogen) atoms. The highest BCUT2D eigenvalue weighted by Crippen LogP contribution is 2.60. The largest absolute Gasteiger partial charge is 0.306 e. The lowest BCUT2D eigenvalue weighted by atomic mass is 9.62. The molecule has 6 heterocycles. The number of rotatable bonds is 8. The average molecular weight is 973 g/mol. The summed E-state index contributed by atoms with van der Waals surface area (Å²) in [5.41, 5.74) is 17.1. The van der Waals surface area contributed by atoms with Crippen LogP contribution >= 0.6 is 0 Å². The van der Waals surface area contributed by atoms with Crippen molar-refractivity contribution in [1.29, 1.82) is 0 Å². The first-order valence-electron chi connectivity index (χ1n) is 25.6. The zero-order valence-electron chi connectivity index (χ0n) is 41.0. The first kappa shape index (κ1) is 43.3. The summed E-state index contributed by atoms with van der Waals surface area (Å²) < 4.78 is 4.79. The summed E-state index contributed by atoms with van der Waals surface area (Å²) in [7, 11) is 0. The van der Waals surface area contributed by atoms with Crippen molar-refractivity contribution in [3.05, 3.63) is 289 Å². The second-order valence-corrected chi connectivity index (χ2v) is 19.2. The fourth-order valence-corrected chi connectivity index (χ4v) is 12.0. The smallest absolute Gasteiger partial charge is 0.164 e. The van der Waals surface area contributed by atoms with Gasteiger partial charge in [-0.3, -0.25) is 9.97 Å². The van der Waals surface area contributed by atoms with Crippen molar-refractivity contribution < 1.29 is 0 Å². The molecule has 8 nitrogen and oxygen atoms in total. The van der Waals surface area contributed by atoms with Gasteiger partial charge in [-0.1, -0.05) is 194 Å². The lowest BCUT2D eigenvalue weighted by molar-refractivity contribution is 0.731. The quantitative estimate of drug-likeness (QED) is 0.151. The van der Waals surface area contributed by atoms with Crippen LogP contribution in [0.1, 0.15) is 22.3 Å². The van der Waals surface area contributed by atoms with Crippen molar-refractivity contribution in [3.8, 4) is 45.5 Å². The third-order valence-corrected chi connectivity index (χ3v) is 15.1. The minimum absolute atomic E-state index is 0.533. The number of fused-ring (bicyclic) bond motifs is 8. The van der Waals surface area contributed by atoms with Gasteiger partial charge in [-0.2, -0.15) is 0 Å². The maximum Gasteiger partial charge on any atom is 0.164 e. The summed E-state index contributed by atoms with van der Waals surface area (Å²) in [6.07, 6.45) is 3.77. The monoisotopic (exact) mass is 972 g/mol. The van der Waals surface area contributed by atoms with Crippen LogP contribution in [0.4, 0.5) is 17.1 Å². The summed E-state index contributed by atoms with van der Waals surface area (Å²) in [5.74, 6) is 1.69. The molecular formula is C68H44N8. The van der Waals surface area contributed by atoms with E-state index >= 15 is 0 Å². The van der Waals surface area contributed by atoms with Crippen LogP contribution in [0.25, 0.3) is 89.4 Å². The van der Waals surface area contributed by atoms with Crippen LogP contribution in [-0.2, 0) is 5.41 Å². The molecule has 0 N–H and O–H groups in total. The van der Waals surface area contributed by atoms with Crippen LogP contribution in [0.2, 0.25) is 0 Å². The number of nitrogens with zero attached hydrogens (tertiary/aromatic N) is 8. The van der Waals surface area contributed by atoms with E-state index < -0.39 is 5.41 Å². The molecule has 0 bridgehead atoms. The van der Waals surface area contributed by atoms with E-state index in [0.29, 0.717) is 17.5 Å². The molecule has 0 radical (unpaired) electrons. The fraction of sp³-hybridized carbons (Fsp3) is 0.0147. The molecule has 0 saturated heterocycles. The van der Waals surface area contributed by atoms with E-state index in [1.54, 1.807) is 0 Å². The van der Waals surface area contributed by atoms with Gasteiger partial charge in [0, 0.05) is 39.9 Å². The molecule has 0 unspecified atom stereocenters. The van der Waals surface area contributed by atoms with Gasteiger partial charge in [0.2, 0.25) is 0 Å². The molecular weight excluding hydrogens is 929 g/mol. The van der Waals surface area contributed by atoms with Crippen molar-refractivity contribution >= 4 is 60.9 Å². The Bertz CT molecular complexity index is 4140. The van der Waals surface area contributed by atoms with E-state index in [-0.39, 0.29) is 0 Å². The van der Waals surface area contributed by atoms with Gasteiger partial charge in [0.25, 0.3) is 0 Å². The lowest BCUT2D eigenvalue weighted by Crippen LogP contribution is -2.38. The Morgan fingerprint density at radius 1 is 0.303 bits per heavy atom. The molecule has 0 aliphatic carbocycles. The van der Waals surface area contributed by atoms with Crippen LogP contribution in [0.3, 0.4) is 0 Å². The zero-order chi connectivity index (χ0) is 50.2. The van der Waals surface area contributed by atoms with Gasteiger partial charge < -0.3 is 14.0 Å². The highest BCUT2D eigenvalue weighted by molar-refractivity contribution is 6.11. The number of hydrogen-bond donors (Lipinski definition) is 0. The third kappa shape index (κ3) is 6.54. The Kier molecular flexibility index (Phi) is 9.93. The van der Waals surface area contributed by atoms with Gasteiger partial charge in [0.05, 0.1) is 67.0 Å². The highest BCUT2D eigenvalue weighted by Gasteiger charge is 2.47. The SMILES string of the molecule is c1ccc(-c2nc(-c3ccccc3)nc(-c3cc(-n4c5ccccc5c5ncccc54)c(N4c5ccccc5C(c5ccccc5)(c5ccccc5)c5ccccc54)c(-n4c5ccccc5c5ncccc54)c3)n2)cc1. The molecule has 8 heteroatoms. The maximum atomic E-state index is 5.41. The molecule has 0 fully saturated rings. The summed E-state index contributed by atoms with van der Waals surface area (Å²) >= 11 is 0. The summed E-state index contributed by atoms with van der Waals surface area (Å²) in [6, 6.07) is 90.4. The molecule has 1 aliphatic rings. The second kappa shape index (κ2) is 17.4. The normalized spacial score (nSPS) is 12.8. The van der Waals surface area contributed by atoms with Crippen molar-refractivity contribution in [2.24, 2.45) is 0 Å². The average Bonchev–Trinajstić information content (AvgIpc) is 4.11. The number of anilines is 3. The van der Waals surface area contributed by atoms with Gasteiger partial charge in [0.1, 0.15) is 0 Å². The lowest BCUT2D eigenvalue weighted by Gasteiger charge is -2.47. The van der Waals surface area contributed by atoms with E-state index in [9.17, 15) is 0 Å². The molecule has 0 amide bonds. The molecule has 14 aromatic rings. The molecule has 0 saturated carbocycles. The topological polar surface area (TPSA) is 77.5 Å². The molecule has 0 spiro atoms. The van der Waals surface area contributed by atoms with Gasteiger partial charge in [-0.05, 0) is 82.9 Å². The summed E-state index contributed by atoms with van der Waals surface area (Å²) in [6.45, 7) is 0. The minimum Gasteiger partial charge on any atom is -0.306 e. The van der Waals surface area contributed by atoms with Gasteiger partial charge in [-0.25, -0.2) is 15.0 Å². The maximum absolute atomic E-state index is 5.41. The predicted molar refractivity (Wildman–Crippen MR) is 307 cm³/mol.